The first-order valence-electron chi connectivity index (χ1n) is 6.87. The van der Waals surface area contributed by atoms with Crippen LogP contribution in [0.1, 0.15) is 32.8 Å². The Bertz CT molecular complexity index is 378. The maximum Gasteiger partial charge on any atom is 0.128 e. The quantitative estimate of drug-likeness (QED) is 0.889. The van der Waals surface area contributed by atoms with E-state index in [2.05, 4.69) is 48.1 Å². The monoisotopic (exact) mass is 247 g/mol. The Morgan fingerprint density at radius 2 is 2.17 bits per heavy atom. The van der Waals surface area contributed by atoms with Crippen LogP contribution in [0, 0.1) is 5.92 Å². The summed E-state index contributed by atoms with van der Waals surface area (Å²) in [7, 11) is 2.03. The van der Waals surface area contributed by atoms with E-state index < -0.39 is 0 Å². The van der Waals surface area contributed by atoms with Crippen LogP contribution < -0.4 is 10.2 Å². The molecule has 1 aromatic heterocycles. The Morgan fingerprint density at radius 1 is 1.39 bits per heavy atom. The Labute approximate surface area is 111 Å². The number of anilines is 1. The number of aromatic nitrogens is 1. The molecule has 0 spiro atoms. The van der Waals surface area contributed by atoms with Crippen LogP contribution in [0.15, 0.2) is 18.3 Å². The number of hydrogen-bond donors (Lipinski definition) is 1. The van der Waals surface area contributed by atoms with E-state index in [-0.39, 0.29) is 5.41 Å². The highest BCUT2D eigenvalue weighted by molar-refractivity contribution is 5.41. The second-order valence-electron chi connectivity index (χ2n) is 6.31. The molecule has 100 valence electrons. The Morgan fingerprint density at radius 3 is 2.72 bits per heavy atom. The summed E-state index contributed by atoms with van der Waals surface area (Å²) in [5.41, 5.74) is 1.49. The van der Waals surface area contributed by atoms with Crippen molar-refractivity contribution in [3.63, 3.8) is 0 Å². The molecule has 18 heavy (non-hydrogen) atoms. The molecule has 1 aromatic rings. The lowest BCUT2D eigenvalue weighted by atomic mass is 9.88. The molecule has 0 aliphatic carbocycles. The van der Waals surface area contributed by atoms with Gasteiger partial charge in [0.1, 0.15) is 5.82 Å². The SMILES string of the molecule is CNCC1CCN(c2ccc(C(C)(C)C)cn2)C1. The molecule has 2 rings (SSSR count). The Hall–Kier alpha value is -1.09. The zero-order chi connectivity index (χ0) is 13.2. The normalized spacial score (nSPS) is 20.4. The maximum atomic E-state index is 4.63. The molecular weight excluding hydrogens is 222 g/mol. The molecule has 0 radical (unpaired) electrons. The van der Waals surface area contributed by atoms with E-state index in [1.165, 1.54) is 12.0 Å². The fourth-order valence-corrected chi connectivity index (χ4v) is 2.51. The van der Waals surface area contributed by atoms with Crippen LogP contribution in [-0.2, 0) is 5.41 Å². The van der Waals surface area contributed by atoms with Crippen molar-refractivity contribution in [1.82, 2.24) is 10.3 Å². The summed E-state index contributed by atoms with van der Waals surface area (Å²) in [6, 6.07) is 4.38. The molecule has 0 saturated carbocycles. The van der Waals surface area contributed by atoms with Crippen LogP contribution in [-0.4, -0.2) is 31.7 Å². The van der Waals surface area contributed by atoms with Gasteiger partial charge in [-0.1, -0.05) is 26.8 Å². The van der Waals surface area contributed by atoms with Gasteiger partial charge in [0.15, 0.2) is 0 Å². The highest BCUT2D eigenvalue weighted by Gasteiger charge is 2.23. The minimum absolute atomic E-state index is 0.186. The lowest BCUT2D eigenvalue weighted by Crippen LogP contribution is -2.25. The summed E-state index contributed by atoms with van der Waals surface area (Å²) in [5.74, 6) is 1.89. The van der Waals surface area contributed by atoms with Gasteiger partial charge in [0, 0.05) is 19.3 Å². The van der Waals surface area contributed by atoms with Gasteiger partial charge in [-0.25, -0.2) is 4.98 Å². The molecule has 1 saturated heterocycles. The standard InChI is InChI=1S/C15H25N3/c1-15(2,3)13-5-6-14(17-10-13)18-8-7-12(11-18)9-16-4/h5-6,10,12,16H,7-9,11H2,1-4H3. The van der Waals surface area contributed by atoms with Crippen molar-refractivity contribution in [3.05, 3.63) is 23.9 Å². The van der Waals surface area contributed by atoms with Crippen LogP contribution in [0.2, 0.25) is 0 Å². The first-order chi connectivity index (χ1) is 8.50. The van der Waals surface area contributed by atoms with Crippen molar-refractivity contribution in [2.45, 2.75) is 32.6 Å². The summed E-state index contributed by atoms with van der Waals surface area (Å²) in [6.45, 7) is 10.0. The van der Waals surface area contributed by atoms with E-state index in [1.807, 2.05) is 13.2 Å². The minimum atomic E-state index is 0.186. The molecule has 1 atom stereocenters. The predicted octanol–water partition coefficient (Wildman–Crippen LogP) is 2.42. The van der Waals surface area contributed by atoms with E-state index in [1.54, 1.807) is 0 Å². The number of nitrogens with one attached hydrogen (secondary N) is 1. The van der Waals surface area contributed by atoms with Crippen molar-refractivity contribution in [2.24, 2.45) is 5.92 Å². The lowest BCUT2D eigenvalue weighted by molar-refractivity contribution is 0.548. The van der Waals surface area contributed by atoms with Crippen molar-refractivity contribution in [3.8, 4) is 0 Å². The molecule has 0 aromatic carbocycles. The third kappa shape index (κ3) is 3.02. The third-order valence-corrected chi connectivity index (χ3v) is 3.72. The molecule has 0 bridgehead atoms. The van der Waals surface area contributed by atoms with E-state index in [4.69, 9.17) is 0 Å². The van der Waals surface area contributed by atoms with E-state index in [0.717, 1.165) is 31.4 Å². The molecule has 1 aliphatic heterocycles. The average Bonchev–Trinajstić information content (AvgIpc) is 2.77. The second-order valence-corrected chi connectivity index (χ2v) is 6.31. The van der Waals surface area contributed by atoms with E-state index in [9.17, 15) is 0 Å². The first kappa shape index (κ1) is 13.3. The van der Waals surface area contributed by atoms with Gasteiger partial charge in [0.05, 0.1) is 0 Å². The van der Waals surface area contributed by atoms with Crippen molar-refractivity contribution < 1.29 is 0 Å². The van der Waals surface area contributed by atoms with Crippen LogP contribution in [0.3, 0.4) is 0 Å². The zero-order valence-electron chi connectivity index (χ0n) is 12.0. The van der Waals surface area contributed by atoms with Crippen molar-refractivity contribution in [2.75, 3.05) is 31.6 Å². The Kier molecular flexibility index (Phi) is 3.91. The molecule has 1 aliphatic rings. The molecule has 3 nitrogen and oxygen atoms in total. The second kappa shape index (κ2) is 5.27. The number of hydrogen-bond acceptors (Lipinski definition) is 3. The van der Waals surface area contributed by atoms with Gasteiger partial charge in [-0.05, 0) is 43.0 Å². The van der Waals surface area contributed by atoms with Gasteiger partial charge in [0.2, 0.25) is 0 Å². The maximum absolute atomic E-state index is 4.63. The number of pyridine rings is 1. The van der Waals surface area contributed by atoms with E-state index >= 15 is 0 Å². The molecule has 1 unspecified atom stereocenters. The fourth-order valence-electron chi connectivity index (χ4n) is 2.51. The summed E-state index contributed by atoms with van der Waals surface area (Å²) in [5, 5.41) is 3.26. The number of rotatable bonds is 3. The van der Waals surface area contributed by atoms with Crippen LogP contribution >= 0.6 is 0 Å². The minimum Gasteiger partial charge on any atom is -0.356 e. The summed E-state index contributed by atoms with van der Waals surface area (Å²) < 4.78 is 0. The summed E-state index contributed by atoms with van der Waals surface area (Å²) >= 11 is 0. The largest absolute Gasteiger partial charge is 0.356 e. The van der Waals surface area contributed by atoms with Gasteiger partial charge < -0.3 is 10.2 Å². The van der Waals surface area contributed by atoms with Crippen LogP contribution in [0.4, 0.5) is 5.82 Å². The fraction of sp³-hybridized carbons (Fsp3) is 0.667. The molecular formula is C15H25N3. The molecule has 1 fully saturated rings. The van der Waals surface area contributed by atoms with Crippen LogP contribution in [0.5, 0.6) is 0 Å². The van der Waals surface area contributed by atoms with Gasteiger partial charge in [-0.15, -0.1) is 0 Å². The first-order valence-corrected chi connectivity index (χ1v) is 6.87. The zero-order valence-corrected chi connectivity index (χ0v) is 12.0. The van der Waals surface area contributed by atoms with Crippen LogP contribution in [0.25, 0.3) is 0 Å². The van der Waals surface area contributed by atoms with Gasteiger partial charge in [-0.2, -0.15) is 0 Å². The molecule has 1 N–H and O–H groups in total. The van der Waals surface area contributed by atoms with E-state index in [0.29, 0.717) is 0 Å². The average molecular weight is 247 g/mol. The summed E-state index contributed by atoms with van der Waals surface area (Å²) in [6.07, 6.45) is 3.30. The molecule has 0 amide bonds. The van der Waals surface area contributed by atoms with Gasteiger partial charge in [0.25, 0.3) is 0 Å². The predicted molar refractivity (Wildman–Crippen MR) is 77.2 cm³/mol. The van der Waals surface area contributed by atoms with Crippen molar-refractivity contribution in [1.29, 1.82) is 0 Å². The molecule has 3 heteroatoms. The topological polar surface area (TPSA) is 28.2 Å². The smallest absolute Gasteiger partial charge is 0.128 e. The molecule has 2 heterocycles. The van der Waals surface area contributed by atoms with Crippen molar-refractivity contribution >= 4 is 5.82 Å². The lowest BCUT2D eigenvalue weighted by Gasteiger charge is -2.21. The highest BCUT2D eigenvalue weighted by Crippen LogP contribution is 2.25. The highest BCUT2D eigenvalue weighted by atomic mass is 15.2. The summed E-state index contributed by atoms with van der Waals surface area (Å²) in [4.78, 5) is 7.02. The Balaban J connectivity index is 2.03. The third-order valence-electron chi connectivity index (χ3n) is 3.72. The van der Waals surface area contributed by atoms with Gasteiger partial charge >= 0.3 is 0 Å². The van der Waals surface area contributed by atoms with Gasteiger partial charge in [-0.3, -0.25) is 0 Å². The number of nitrogens with zero attached hydrogens (tertiary/aromatic N) is 2.